The van der Waals surface area contributed by atoms with Gasteiger partial charge in [-0.25, -0.2) is 0 Å². The summed E-state index contributed by atoms with van der Waals surface area (Å²) in [7, 11) is 0. The van der Waals surface area contributed by atoms with Crippen molar-refractivity contribution in [3.8, 4) is 0 Å². The van der Waals surface area contributed by atoms with Crippen molar-refractivity contribution in [3.05, 3.63) is 0 Å². The summed E-state index contributed by atoms with van der Waals surface area (Å²) in [6.07, 6.45) is 0.468. The van der Waals surface area contributed by atoms with Crippen LogP contribution in [0.2, 0.25) is 0 Å². The predicted molar refractivity (Wildman–Crippen MR) is 85.0 cm³/mol. The van der Waals surface area contributed by atoms with E-state index in [9.17, 15) is 14.4 Å². The van der Waals surface area contributed by atoms with Crippen LogP contribution in [0.5, 0.6) is 0 Å². The molecule has 6 nitrogen and oxygen atoms in total. The van der Waals surface area contributed by atoms with Crippen LogP contribution in [0.25, 0.3) is 0 Å². The lowest BCUT2D eigenvalue weighted by Gasteiger charge is -1.79. The van der Waals surface area contributed by atoms with Gasteiger partial charge in [0.2, 0.25) is 0 Å². The first kappa shape index (κ1) is 26.9. The molecule has 0 fully saturated rings. The normalized spacial score (nSPS) is 7.74. The summed E-state index contributed by atoms with van der Waals surface area (Å²) in [5, 5.41) is 23.6. The van der Waals surface area contributed by atoms with Gasteiger partial charge in [0.05, 0.1) is 19.3 Å². The Bertz CT molecular complexity index is 197. The number of thiol groups is 3. The van der Waals surface area contributed by atoms with E-state index in [0.29, 0.717) is 17.3 Å². The second-order valence-corrected chi connectivity index (χ2v) is 3.94. The van der Waals surface area contributed by atoms with Crippen LogP contribution >= 0.6 is 37.9 Å². The number of rotatable bonds is 6. The molecule has 0 amide bonds. The first-order valence-electron chi connectivity index (χ1n) is 4.79. The molecule has 0 spiro atoms. The maximum atomic E-state index is 9.55. The van der Waals surface area contributed by atoms with Gasteiger partial charge in [0, 0.05) is 17.3 Å². The Balaban J connectivity index is -0.0000000865. The average Bonchev–Trinajstić information content (AvgIpc) is 2.18. The molecule has 9 heteroatoms. The van der Waals surface area contributed by atoms with Crippen molar-refractivity contribution in [2.24, 2.45) is 0 Å². The maximum Gasteiger partial charge on any atom is 0.304 e. The number of hydrogen-bond donors (Lipinski definition) is 6. The van der Waals surface area contributed by atoms with Crippen LogP contribution in [0.4, 0.5) is 0 Å². The molecule has 0 atom stereocenters. The van der Waals surface area contributed by atoms with Crippen molar-refractivity contribution < 1.29 is 29.7 Å². The summed E-state index contributed by atoms with van der Waals surface area (Å²) in [6, 6.07) is 0. The summed E-state index contributed by atoms with van der Waals surface area (Å²) in [5.74, 6) is -1.08. The lowest BCUT2D eigenvalue weighted by molar-refractivity contribution is -0.137. The molecule has 0 aliphatic rings. The Kier molecular flexibility index (Phi) is 32.0. The molecule has 0 aromatic heterocycles. The lowest BCUT2D eigenvalue weighted by atomic mass is 10.5. The maximum absolute atomic E-state index is 9.55. The van der Waals surface area contributed by atoms with E-state index in [1.54, 1.807) is 0 Å². The third kappa shape index (κ3) is 58.3. The zero-order chi connectivity index (χ0) is 15.0. The second kappa shape index (κ2) is 22.6. The van der Waals surface area contributed by atoms with E-state index in [1.165, 1.54) is 0 Å². The van der Waals surface area contributed by atoms with Crippen molar-refractivity contribution >= 4 is 55.8 Å². The monoisotopic (exact) mass is 334 g/mol. The Morgan fingerprint density at radius 2 is 0.789 bits per heavy atom. The fraction of sp³-hybridized carbons (Fsp3) is 0.700. The number of aliphatic carboxylic acids is 3. The van der Waals surface area contributed by atoms with Crippen molar-refractivity contribution in [3.63, 3.8) is 0 Å². The second-order valence-electron chi connectivity index (χ2n) is 2.60. The van der Waals surface area contributed by atoms with Gasteiger partial charge in [0.1, 0.15) is 0 Å². The SMILES string of the molecule is C.O=C(O)CCS.O=C(O)CCS.O=C(O)CCS. The van der Waals surface area contributed by atoms with Gasteiger partial charge in [-0.15, -0.1) is 0 Å². The zero-order valence-electron chi connectivity index (χ0n) is 9.65. The molecule has 0 aliphatic heterocycles. The van der Waals surface area contributed by atoms with Crippen molar-refractivity contribution in [1.82, 2.24) is 0 Å². The van der Waals surface area contributed by atoms with E-state index in [-0.39, 0.29) is 26.7 Å². The molecule has 0 unspecified atom stereocenters. The minimum atomic E-state index is -0.787. The molecule has 0 saturated heterocycles. The van der Waals surface area contributed by atoms with E-state index in [2.05, 4.69) is 37.9 Å². The van der Waals surface area contributed by atoms with Gasteiger partial charge in [-0.05, 0) is 0 Å². The smallest absolute Gasteiger partial charge is 0.304 e. The summed E-state index contributed by atoms with van der Waals surface area (Å²) >= 11 is 11.0. The van der Waals surface area contributed by atoms with Crippen LogP contribution in [-0.2, 0) is 14.4 Å². The summed E-state index contributed by atoms with van der Waals surface area (Å²) in [6.45, 7) is 0. The van der Waals surface area contributed by atoms with Crippen LogP contribution in [0.3, 0.4) is 0 Å². The molecule has 0 saturated carbocycles. The molecule has 0 aromatic rings. The van der Waals surface area contributed by atoms with Gasteiger partial charge in [-0.3, -0.25) is 14.4 Å². The quantitative estimate of drug-likeness (QED) is 0.413. The van der Waals surface area contributed by atoms with Gasteiger partial charge in [-0.1, -0.05) is 7.43 Å². The third-order valence-corrected chi connectivity index (χ3v) is 1.65. The van der Waals surface area contributed by atoms with E-state index in [1.807, 2.05) is 0 Å². The van der Waals surface area contributed by atoms with E-state index in [0.717, 1.165) is 0 Å². The fourth-order valence-corrected chi connectivity index (χ4v) is 0.861. The molecule has 0 bridgehead atoms. The Labute approximate surface area is 129 Å². The molecule has 116 valence electrons. The first-order chi connectivity index (χ1) is 8.31. The third-order valence-electron chi connectivity index (χ3n) is 0.977. The van der Waals surface area contributed by atoms with Crippen LogP contribution in [0.15, 0.2) is 0 Å². The summed E-state index contributed by atoms with van der Waals surface area (Å²) in [5.41, 5.74) is 0. The highest BCUT2D eigenvalue weighted by Crippen LogP contribution is 1.80. The number of hydrogen-bond acceptors (Lipinski definition) is 6. The Morgan fingerprint density at radius 1 is 0.632 bits per heavy atom. The van der Waals surface area contributed by atoms with Gasteiger partial charge in [0.25, 0.3) is 0 Å². The highest BCUT2D eigenvalue weighted by atomic mass is 32.1. The number of carboxylic acid groups (broad SMARTS) is 3. The topological polar surface area (TPSA) is 112 Å². The van der Waals surface area contributed by atoms with Gasteiger partial charge in [-0.2, -0.15) is 37.9 Å². The highest BCUT2D eigenvalue weighted by molar-refractivity contribution is 7.80. The van der Waals surface area contributed by atoms with Gasteiger partial charge >= 0.3 is 17.9 Å². The van der Waals surface area contributed by atoms with Crippen molar-refractivity contribution in [2.45, 2.75) is 26.7 Å². The Hall–Kier alpha value is -0.540. The van der Waals surface area contributed by atoms with Gasteiger partial charge < -0.3 is 15.3 Å². The fourth-order valence-electron chi connectivity index (χ4n) is 0.287. The molecule has 3 N–H and O–H groups in total. The van der Waals surface area contributed by atoms with E-state index in [4.69, 9.17) is 15.3 Å². The van der Waals surface area contributed by atoms with E-state index >= 15 is 0 Å². The number of carbonyl (C=O) groups is 3. The average molecular weight is 334 g/mol. The van der Waals surface area contributed by atoms with E-state index < -0.39 is 17.9 Å². The molecule has 0 rings (SSSR count). The van der Waals surface area contributed by atoms with Crippen LogP contribution in [0, 0.1) is 0 Å². The first-order valence-corrected chi connectivity index (χ1v) is 6.69. The zero-order valence-corrected chi connectivity index (χ0v) is 12.3. The molecule has 0 radical (unpaired) electrons. The highest BCUT2D eigenvalue weighted by Gasteiger charge is 1.89. The van der Waals surface area contributed by atoms with Gasteiger partial charge in [0.15, 0.2) is 0 Å². The predicted octanol–water partition coefficient (Wildman–Crippen LogP) is 1.81. The molecule has 0 aliphatic carbocycles. The molecular formula is C10H22O6S3. The molecule has 0 heterocycles. The standard InChI is InChI=1S/3C3H6O2S.CH4/c3*4-3(5)1-2-6;/h3*6H,1-2H2,(H,4,5);1H4. The minimum absolute atomic E-state index is 0. The van der Waals surface area contributed by atoms with Crippen molar-refractivity contribution in [2.75, 3.05) is 17.3 Å². The number of carboxylic acids is 3. The molecule has 0 aromatic carbocycles. The van der Waals surface area contributed by atoms with Crippen molar-refractivity contribution in [1.29, 1.82) is 0 Å². The van der Waals surface area contributed by atoms with Crippen LogP contribution in [-0.4, -0.2) is 50.5 Å². The molecular weight excluding hydrogens is 312 g/mol. The lowest BCUT2D eigenvalue weighted by Crippen LogP contribution is -1.93. The minimum Gasteiger partial charge on any atom is -0.481 e. The van der Waals surface area contributed by atoms with Crippen LogP contribution in [0.1, 0.15) is 26.7 Å². The van der Waals surface area contributed by atoms with Crippen LogP contribution < -0.4 is 0 Å². The largest absolute Gasteiger partial charge is 0.481 e. The molecule has 19 heavy (non-hydrogen) atoms. The Morgan fingerprint density at radius 3 is 0.789 bits per heavy atom. The summed E-state index contributed by atoms with van der Waals surface area (Å²) < 4.78 is 0. The summed E-state index contributed by atoms with van der Waals surface area (Å²) in [4.78, 5) is 28.7.